The van der Waals surface area contributed by atoms with Gasteiger partial charge in [-0.2, -0.15) is 0 Å². The zero-order chi connectivity index (χ0) is 13.0. The number of rotatable bonds is 3. The van der Waals surface area contributed by atoms with E-state index in [0.29, 0.717) is 11.1 Å². The molecule has 0 saturated carbocycles. The quantitative estimate of drug-likeness (QED) is 0.660. The minimum absolute atomic E-state index is 0.0938. The first kappa shape index (κ1) is 11.9. The molecule has 3 nitrogen and oxygen atoms in total. The van der Waals surface area contributed by atoms with Crippen molar-refractivity contribution in [3.05, 3.63) is 65.7 Å². The zero-order valence-corrected chi connectivity index (χ0v) is 9.54. The molecule has 0 fully saturated rings. The summed E-state index contributed by atoms with van der Waals surface area (Å²) in [4.78, 5) is 11.2. The molecular formula is C15H11O3-. The van der Waals surface area contributed by atoms with E-state index in [4.69, 9.17) is 0 Å². The first-order chi connectivity index (χ1) is 8.66. The van der Waals surface area contributed by atoms with Crippen molar-refractivity contribution in [2.75, 3.05) is 0 Å². The molecule has 0 atom stereocenters. The van der Waals surface area contributed by atoms with Crippen molar-refractivity contribution < 1.29 is 15.0 Å². The maximum absolute atomic E-state index is 11.2. The second-order valence-corrected chi connectivity index (χ2v) is 3.80. The van der Waals surface area contributed by atoms with Crippen LogP contribution in [0.15, 0.2) is 54.6 Å². The molecule has 0 spiro atoms. The number of benzene rings is 2. The Morgan fingerprint density at radius 2 is 1.61 bits per heavy atom. The zero-order valence-electron chi connectivity index (χ0n) is 9.54. The summed E-state index contributed by atoms with van der Waals surface area (Å²) in [7, 11) is 0. The van der Waals surface area contributed by atoms with E-state index < -0.39 is 5.97 Å². The van der Waals surface area contributed by atoms with E-state index in [0.717, 1.165) is 0 Å². The summed E-state index contributed by atoms with van der Waals surface area (Å²) >= 11 is 0. The smallest absolute Gasteiger partial charge is 0.336 e. The third kappa shape index (κ3) is 2.77. The highest BCUT2D eigenvalue weighted by molar-refractivity contribution is 6.20. The van der Waals surface area contributed by atoms with Gasteiger partial charge in [0.25, 0.3) is 0 Å². The number of hydrogen-bond acceptors (Lipinski definition) is 2. The lowest BCUT2D eigenvalue weighted by molar-refractivity contribution is -0.268. The molecule has 0 heterocycles. The van der Waals surface area contributed by atoms with E-state index in [9.17, 15) is 15.0 Å². The Morgan fingerprint density at radius 1 is 1.00 bits per heavy atom. The lowest BCUT2D eigenvalue weighted by atomic mass is 10.0. The van der Waals surface area contributed by atoms with Crippen LogP contribution in [0, 0.1) is 0 Å². The van der Waals surface area contributed by atoms with Crippen LogP contribution >= 0.6 is 0 Å². The molecule has 0 radical (unpaired) electrons. The predicted octanol–water partition coefficient (Wildman–Crippen LogP) is 2.39. The highest BCUT2D eigenvalue weighted by Crippen LogP contribution is 2.19. The van der Waals surface area contributed by atoms with E-state index in [1.807, 2.05) is 6.07 Å². The minimum Gasteiger partial charge on any atom is -0.872 e. The number of carbonyl (C=O) groups is 1. The molecule has 0 unspecified atom stereocenters. The van der Waals surface area contributed by atoms with E-state index in [2.05, 4.69) is 0 Å². The topological polar surface area (TPSA) is 60.4 Å². The summed E-state index contributed by atoms with van der Waals surface area (Å²) < 4.78 is 0. The van der Waals surface area contributed by atoms with Crippen LogP contribution in [0.3, 0.4) is 0 Å². The Labute approximate surface area is 105 Å². The van der Waals surface area contributed by atoms with Gasteiger partial charge in [-0.3, -0.25) is 0 Å². The highest BCUT2D eigenvalue weighted by Gasteiger charge is 2.09. The number of aliphatic carboxylic acids is 1. The molecule has 0 bridgehead atoms. The molecule has 18 heavy (non-hydrogen) atoms. The van der Waals surface area contributed by atoms with Gasteiger partial charge >= 0.3 is 5.97 Å². The molecule has 3 heteroatoms. The molecule has 0 aliphatic heterocycles. The van der Waals surface area contributed by atoms with E-state index >= 15 is 0 Å². The maximum Gasteiger partial charge on any atom is 0.336 e. The molecule has 0 saturated heterocycles. The van der Waals surface area contributed by atoms with Crippen LogP contribution in [0.25, 0.3) is 11.6 Å². The summed E-state index contributed by atoms with van der Waals surface area (Å²) in [6.45, 7) is 0. The Morgan fingerprint density at radius 3 is 2.17 bits per heavy atom. The standard InChI is InChI=1S/C15H12O3/c16-13-8-6-11(7-9-13)10-14(15(17)18)12-4-2-1-3-5-12/h1-10,16H,(H,17,18)/p-1/b14-10+. The Balaban J connectivity index is 2.43. The van der Waals surface area contributed by atoms with Gasteiger partial charge in [0.1, 0.15) is 0 Å². The number of hydrogen-bond donors (Lipinski definition) is 1. The van der Waals surface area contributed by atoms with Crippen molar-refractivity contribution >= 4 is 17.6 Å². The van der Waals surface area contributed by atoms with E-state index in [-0.39, 0.29) is 11.3 Å². The molecule has 90 valence electrons. The average Bonchev–Trinajstić information content (AvgIpc) is 2.38. The van der Waals surface area contributed by atoms with Gasteiger partial charge in [0.05, 0.1) is 5.57 Å². The predicted molar refractivity (Wildman–Crippen MR) is 67.8 cm³/mol. The third-order valence-corrected chi connectivity index (χ3v) is 2.51. The minimum atomic E-state index is -0.993. The second kappa shape index (κ2) is 5.19. The van der Waals surface area contributed by atoms with Crippen LogP contribution in [0.4, 0.5) is 0 Å². The van der Waals surface area contributed by atoms with Gasteiger partial charge < -0.3 is 10.2 Å². The fourth-order valence-corrected chi connectivity index (χ4v) is 1.62. The van der Waals surface area contributed by atoms with Crippen molar-refractivity contribution in [3.8, 4) is 5.75 Å². The lowest BCUT2D eigenvalue weighted by Gasteiger charge is -2.05. The number of carboxylic acids is 1. The van der Waals surface area contributed by atoms with Crippen LogP contribution in [0.2, 0.25) is 0 Å². The fraction of sp³-hybridized carbons (Fsp3) is 0. The van der Waals surface area contributed by atoms with Crippen molar-refractivity contribution in [1.82, 2.24) is 0 Å². The summed E-state index contributed by atoms with van der Waals surface area (Å²) in [5.41, 5.74) is 1.53. The van der Waals surface area contributed by atoms with E-state index in [1.54, 1.807) is 42.5 Å². The van der Waals surface area contributed by atoms with Crippen molar-refractivity contribution in [3.63, 3.8) is 0 Å². The molecule has 2 aromatic carbocycles. The summed E-state index contributed by atoms with van der Waals surface area (Å²) in [6.07, 6.45) is 1.55. The Bertz CT molecular complexity index is 568. The van der Waals surface area contributed by atoms with Crippen LogP contribution in [-0.2, 0) is 4.79 Å². The molecule has 0 aliphatic rings. The average molecular weight is 239 g/mol. The molecule has 1 N–H and O–H groups in total. The van der Waals surface area contributed by atoms with Gasteiger partial charge in [-0.15, -0.1) is 5.75 Å². The number of carboxylic acid groups (broad SMARTS) is 1. The maximum atomic E-state index is 11.2. The Hall–Kier alpha value is -2.55. The van der Waals surface area contributed by atoms with E-state index in [1.165, 1.54) is 12.1 Å². The first-order valence-corrected chi connectivity index (χ1v) is 5.44. The molecule has 0 amide bonds. The molecule has 0 aliphatic carbocycles. The fourth-order valence-electron chi connectivity index (χ4n) is 1.62. The van der Waals surface area contributed by atoms with Crippen LogP contribution in [-0.4, -0.2) is 11.1 Å². The largest absolute Gasteiger partial charge is 0.872 e. The molecular weight excluding hydrogens is 228 g/mol. The monoisotopic (exact) mass is 239 g/mol. The highest BCUT2D eigenvalue weighted by atomic mass is 16.4. The first-order valence-electron chi connectivity index (χ1n) is 5.44. The van der Waals surface area contributed by atoms with Crippen LogP contribution < -0.4 is 5.11 Å². The van der Waals surface area contributed by atoms with Crippen molar-refractivity contribution in [2.45, 2.75) is 0 Å². The molecule has 2 rings (SSSR count). The SMILES string of the molecule is O=C(O)/C(=C/c1ccc([O-])cc1)c1ccccc1. The third-order valence-electron chi connectivity index (χ3n) is 2.51. The van der Waals surface area contributed by atoms with Gasteiger partial charge in [-0.25, -0.2) is 4.79 Å². The van der Waals surface area contributed by atoms with Crippen LogP contribution in [0.1, 0.15) is 11.1 Å². The van der Waals surface area contributed by atoms with Gasteiger partial charge in [0, 0.05) is 0 Å². The van der Waals surface area contributed by atoms with Crippen molar-refractivity contribution in [1.29, 1.82) is 0 Å². The Kier molecular flexibility index (Phi) is 3.44. The summed E-state index contributed by atoms with van der Waals surface area (Å²) in [6, 6.07) is 14.9. The summed E-state index contributed by atoms with van der Waals surface area (Å²) in [5, 5.41) is 20.2. The van der Waals surface area contributed by atoms with Gasteiger partial charge in [-0.05, 0) is 17.2 Å². The van der Waals surface area contributed by atoms with Gasteiger partial charge in [-0.1, -0.05) is 54.6 Å². The van der Waals surface area contributed by atoms with Gasteiger partial charge in [0.2, 0.25) is 0 Å². The van der Waals surface area contributed by atoms with Crippen molar-refractivity contribution in [2.24, 2.45) is 0 Å². The molecule has 2 aromatic rings. The normalized spacial score (nSPS) is 11.2. The second-order valence-electron chi connectivity index (χ2n) is 3.80. The molecule has 0 aromatic heterocycles. The van der Waals surface area contributed by atoms with Crippen LogP contribution in [0.5, 0.6) is 5.75 Å². The summed E-state index contributed by atoms with van der Waals surface area (Å²) in [5.74, 6) is -1.09. The van der Waals surface area contributed by atoms with Gasteiger partial charge in [0.15, 0.2) is 0 Å². The lowest BCUT2D eigenvalue weighted by Crippen LogP contribution is -1.99.